The molecular weight excluding hydrogens is 308 g/mol. The minimum absolute atomic E-state index is 0.322. The van der Waals surface area contributed by atoms with E-state index in [2.05, 4.69) is 29.3 Å². The molecule has 0 unspecified atom stereocenters. The lowest BCUT2D eigenvalue weighted by Gasteiger charge is -1.98. The third-order valence-electron chi connectivity index (χ3n) is 3.58. The fraction of sp³-hybridized carbons (Fsp3) is 0.158. The molecular formula is C19H17ClN2O. The summed E-state index contributed by atoms with van der Waals surface area (Å²) in [6.07, 6.45) is 2.84. The van der Waals surface area contributed by atoms with Crippen molar-refractivity contribution in [3.05, 3.63) is 71.1 Å². The van der Waals surface area contributed by atoms with Gasteiger partial charge in [0.15, 0.2) is 0 Å². The van der Waals surface area contributed by atoms with Gasteiger partial charge in [0.25, 0.3) is 5.89 Å². The number of nitrogens with zero attached hydrogens (tertiary/aromatic N) is 2. The lowest BCUT2D eigenvalue weighted by Crippen LogP contribution is -1.81. The third kappa shape index (κ3) is 3.69. The van der Waals surface area contributed by atoms with E-state index in [1.807, 2.05) is 49.4 Å². The van der Waals surface area contributed by atoms with Crippen molar-refractivity contribution in [2.45, 2.75) is 20.3 Å². The van der Waals surface area contributed by atoms with Crippen molar-refractivity contribution >= 4 is 22.7 Å². The molecule has 2 aromatic carbocycles. The lowest BCUT2D eigenvalue weighted by molar-refractivity contribution is 0.556. The van der Waals surface area contributed by atoms with Crippen LogP contribution in [0.25, 0.3) is 22.6 Å². The van der Waals surface area contributed by atoms with Gasteiger partial charge in [-0.2, -0.15) is 0 Å². The van der Waals surface area contributed by atoms with E-state index in [4.69, 9.17) is 16.0 Å². The van der Waals surface area contributed by atoms with Crippen LogP contribution >= 0.6 is 11.6 Å². The van der Waals surface area contributed by atoms with Crippen LogP contribution in [0.15, 0.2) is 52.9 Å². The van der Waals surface area contributed by atoms with Crippen molar-refractivity contribution in [3.8, 4) is 11.5 Å². The molecule has 3 aromatic rings. The summed E-state index contributed by atoms with van der Waals surface area (Å²) >= 11 is 6.31. The fourth-order valence-electron chi connectivity index (χ4n) is 2.27. The van der Waals surface area contributed by atoms with Gasteiger partial charge in [-0.3, -0.25) is 0 Å². The second-order valence-corrected chi connectivity index (χ2v) is 5.78. The zero-order valence-electron chi connectivity index (χ0n) is 13.1. The van der Waals surface area contributed by atoms with Crippen molar-refractivity contribution in [3.63, 3.8) is 0 Å². The van der Waals surface area contributed by atoms with Gasteiger partial charge in [-0.1, -0.05) is 60.5 Å². The Morgan fingerprint density at radius 2 is 1.91 bits per heavy atom. The normalized spacial score (nSPS) is 11.7. The molecule has 0 saturated carbocycles. The first-order valence-electron chi connectivity index (χ1n) is 7.53. The van der Waals surface area contributed by atoms with Gasteiger partial charge in [0.05, 0.1) is 0 Å². The second-order valence-electron chi connectivity index (χ2n) is 5.37. The van der Waals surface area contributed by atoms with Gasteiger partial charge in [-0.05, 0) is 42.7 Å². The van der Waals surface area contributed by atoms with Crippen molar-refractivity contribution in [1.29, 1.82) is 0 Å². The first kappa shape index (κ1) is 15.5. The zero-order chi connectivity index (χ0) is 16.2. The maximum Gasteiger partial charge on any atom is 0.259 e. The Labute approximate surface area is 140 Å². The Bertz CT molecular complexity index is 835. The van der Waals surface area contributed by atoms with Crippen molar-refractivity contribution in [1.82, 2.24) is 10.2 Å². The molecule has 0 spiro atoms. The Hall–Kier alpha value is -2.39. The minimum Gasteiger partial charge on any atom is -0.415 e. The van der Waals surface area contributed by atoms with Crippen LogP contribution in [0.5, 0.6) is 0 Å². The van der Waals surface area contributed by atoms with Crippen LogP contribution in [0.2, 0.25) is 0 Å². The van der Waals surface area contributed by atoms with Crippen LogP contribution in [0.4, 0.5) is 0 Å². The van der Waals surface area contributed by atoms with E-state index in [0.717, 1.165) is 23.1 Å². The number of aryl methyl sites for hydroxylation is 2. The topological polar surface area (TPSA) is 38.9 Å². The molecule has 4 heteroatoms. The Balaban J connectivity index is 1.85. The quantitative estimate of drug-likeness (QED) is 0.649. The van der Waals surface area contributed by atoms with Crippen LogP contribution in [-0.2, 0) is 6.42 Å². The fourth-order valence-corrected chi connectivity index (χ4v) is 2.47. The zero-order valence-corrected chi connectivity index (χ0v) is 13.8. The standard InChI is InChI=1S/C19H17ClN2O/c1-3-14-7-9-15(10-8-14)12-17(20)19-22-21-18(23-19)16-6-4-5-13(2)11-16/h4-12H,3H2,1-2H3/b17-12-. The maximum atomic E-state index is 6.31. The molecule has 3 rings (SSSR count). The predicted octanol–water partition coefficient (Wildman–Crippen LogP) is 5.34. The summed E-state index contributed by atoms with van der Waals surface area (Å²) in [4.78, 5) is 0. The first-order chi connectivity index (χ1) is 11.2. The molecule has 0 bridgehead atoms. The van der Waals surface area contributed by atoms with Gasteiger partial charge in [0.2, 0.25) is 5.89 Å². The third-order valence-corrected chi connectivity index (χ3v) is 3.85. The molecule has 0 aliphatic heterocycles. The molecule has 23 heavy (non-hydrogen) atoms. The number of benzene rings is 2. The minimum atomic E-state index is 0.322. The number of hydrogen-bond donors (Lipinski definition) is 0. The van der Waals surface area contributed by atoms with Crippen LogP contribution in [0.1, 0.15) is 29.5 Å². The average Bonchev–Trinajstić information content (AvgIpc) is 3.06. The molecule has 0 saturated heterocycles. The number of aromatic nitrogens is 2. The van der Waals surface area contributed by atoms with E-state index in [1.54, 1.807) is 0 Å². The summed E-state index contributed by atoms with van der Waals surface area (Å²) in [5, 5.41) is 8.54. The molecule has 0 radical (unpaired) electrons. The molecule has 0 aliphatic carbocycles. The maximum absolute atomic E-state index is 6.31. The molecule has 1 aromatic heterocycles. The summed E-state index contributed by atoms with van der Waals surface area (Å²) in [5.74, 6) is 0.791. The molecule has 0 amide bonds. The van der Waals surface area contributed by atoms with Crippen LogP contribution in [-0.4, -0.2) is 10.2 Å². The largest absolute Gasteiger partial charge is 0.415 e. The highest BCUT2D eigenvalue weighted by molar-refractivity contribution is 6.50. The SMILES string of the molecule is CCc1ccc(/C=C(\Cl)c2nnc(-c3cccc(C)c3)o2)cc1. The molecule has 0 atom stereocenters. The highest BCUT2D eigenvalue weighted by atomic mass is 35.5. The molecule has 0 N–H and O–H groups in total. The highest BCUT2D eigenvalue weighted by Crippen LogP contribution is 2.25. The van der Waals surface area contributed by atoms with Crippen LogP contribution in [0.3, 0.4) is 0 Å². The summed E-state index contributed by atoms with van der Waals surface area (Å²) in [7, 11) is 0. The van der Waals surface area contributed by atoms with Gasteiger partial charge < -0.3 is 4.42 Å². The van der Waals surface area contributed by atoms with Crippen molar-refractivity contribution in [2.75, 3.05) is 0 Å². The summed E-state index contributed by atoms with van der Waals surface area (Å²) in [6, 6.07) is 16.1. The highest BCUT2D eigenvalue weighted by Gasteiger charge is 2.11. The second kappa shape index (κ2) is 6.80. The van der Waals surface area contributed by atoms with Gasteiger partial charge in [0.1, 0.15) is 5.03 Å². The molecule has 116 valence electrons. The van der Waals surface area contributed by atoms with Crippen molar-refractivity contribution < 1.29 is 4.42 Å². The van der Waals surface area contributed by atoms with E-state index in [0.29, 0.717) is 16.8 Å². The Morgan fingerprint density at radius 3 is 2.61 bits per heavy atom. The number of halogens is 1. The molecule has 0 fully saturated rings. The lowest BCUT2D eigenvalue weighted by atomic mass is 10.1. The van der Waals surface area contributed by atoms with E-state index in [9.17, 15) is 0 Å². The van der Waals surface area contributed by atoms with Gasteiger partial charge in [0, 0.05) is 5.56 Å². The Kier molecular flexibility index (Phi) is 4.58. The van der Waals surface area contributed by atoms with Crippen LogP contribution < -0.4 is 0 Å². The molecule has 3 nitrogen and oxygen atoms in total. The number of rotatable bonds is 4. The van der Waals surface area contributed by atoms with E-state index in [1.165, 1.54) is 5.56 Å². The molecule has 0 aliphatic rings. The van der Waals surface area contributed by atoms with Crippen molar-refractivity contribution in [2.24, 2.45) is 0 Å². The van der Waals surface area contributed by atoms with Gasteiger partial charge in [-0.15, -0.1) is 10.2 Å². The summed E-state index contributed by atoms with van der Waals surface area (Å²) < 4.78 is 5.68. The van der Waals surface area contributed by atoms with E-state index >= 15 is 0 Å². The first-order valence-corrected chi connectivity index (χ1v) is 7.90. The average molecular weight is 325 g/mol. The summed E-state index contributed by atoms with van der Waals surface area (Å²) in [6.45, 7) is 4.15. The summed E-state index contributed by atoms with van der Waals surface area (Å²) in [5.41, 5.74) is 4.32. The predicted molar refractivity (Wildman–Crippen MR) is 94.0 cm³/mol. The molecule has 1 heterocycles. The smallest absolute Gasteiger partial charge is 0.259 e. The van der Waals surface area contributed by atoms with E-state index in [-0.39, 0.29) is 0 Å². The monoisotopic (exact) mass is 324 g/mol. The Morgan fingerprint density at radius 1 is 1.13 bits per heavy atom. The van der Waals surface area contributed by atoms with E-state index < -0.39 is 0 Å². The van der Waals surface area contributed by atoms with Gasteiger partial charge >= 0.3 is 0 Å². The number of hydrogen-bond acceptors (Lipinski definition) is 3. The van der Waals surface area contributed by atoms with Crippen LogP contribution in [0, 0.1) is 6.92 Å². The van der Waals surface area contributed by atoms with Gasteiger partial charge in [-0.25, -0.2) is 0 Å².